The molecule has 0 fully saturated rings. The van der Waals surface area contributed by atoms with Crippen LogP contribution in [0.25, 0.3) is 0 Å². The Hall–Kier alpha value is -1.63. The second-order valence-corrected chi connectivity index (χ2v) is 4.72. The Morgan fingerprint density at radius 1 is 1.59 bits per heavy atom. The molecule has 0 saturated carbocycles. The highest BCUT2D eigenvalue weighted by Gasteiger charge is 2.28. The van der Waals surface area contributed by atoms with Crippen LogP contribution in [0, 0.1) is 0 Å². The van der Waals surface area contributed by atoms with Crippen molar-refractivity contribution >= 4 is 28.2 Å². The highest BCUT2D eigenvalue weighted by atomic mass is 32.1. The van der Waals surface area contributed by atoms with E-state index in [1.165, 1.54) is 16.8 Å². The fourth-order valence-electron chi connectivity index (χ4n) is 1.03. The summed E-state index contributed by atoms with van der Waals surface area (Å²) in [4.78, 5) is 26.6. The van der Waals surface area contributed by atoms with Crippen molar-refractivity contribution in [3.8, 4) is 0 Å². The maximum atomic E-state index is 11.5. The van der Waals surface area contributed by atoms with Gasteiger partial charge in [-0.3, -0.25) is 4.79 Å². The number of carbonyl (C=O) groups is 2. The zero-order chi connectivity index (χ0) is 13.1. The van der Waals surface area contributed by atoms with Gasteiger partial charge in [-0.25, -0.2) is 9.78 Å². The van der Waals surface area contributed by atoms with Crippen LogP contribution in [0.15, 0.2) is 5.51 Å². The Morgan fingerprint density at radius 2 is 2.24 bits per heavy atom. The molecule has 94 valence electrons. The minimum Gasteiger partial charge on any atom is -0.461 e. The topological polar surface area (TPSA) is 94.3 Å². The van der Waals surface area contributed by atoms with Crippen molar-refractivity contribution in [3.63, 3.8) is 0 Å². The van der Waals surface area contributed by atoms with Crippen LogP contribution in [0.3, 0.4) is 0 Å². The van der Waals surface area contributed by atoms with Gasteiger partial charge < -0.3 is 15.8 Å². The molecule has 6 nitrogen and oxygen atoms in total. The molecule has 0 saturated heterocycles. The summed E-state index contributed by atoms with van der Waals surface area (Å²) in [5, 5.41) is 3.37. The minimum atomic E-state index is -0.951. The van der Waals surface area contributed by atoms with Crippen LogP contribution < -0.4 is 11.1 Å². The van der Waals surface area contributed by atoms with Crippen molar-refractivity contribution in [2.24, 2.45) is 5.73 Å². The standard InChI is InChI=1S/C10H15N3O3S/c1-4-16-8(14)6-7(17-5-12-6)13-10(2,3)9(11)15/h5,13H,4H2,1-3H3,(H2,11,15). The molecule has 0 aromatic carbocycles. The van der Waals surface area contributed by atoms with E-state index in [4.69, 9.17) is 10.5 Å². The third kappa shape index (κ3) is 3.16. The molecule has 0 spiro atoms. The number of esters is 1. The van der Waals surface area contributed by atoms with Crippen LogP contribution in [0.5, 0.6) is 0 Å². The van der Waals surface area contributed by atoms with E-state index >= 15 is 0 Å². The number of amides is 1. The van der Waals surface area contributed by atoms with E-state index in [0.717, 1.165) is 0 Å². The molecule has 0 aliphatic rings. The average molecular weight is 257 g/mol. The smallest absolute Gasteiger partial charge is 0.360 e. The Bertz CT molecular complexity index is 428. The van der Waals surface area contributed by atoms with Gasteiger partial charge in [-0.2, -0.15) is 0 Å². The zero-order valence-electron chi connectivity index (χ0n) is 9.94. The first kappa shape index (κ1) is 13.4. The number of thiazole rings is 1. The summed E-state index contributed by atoms with van der Waals surface area (Å²) in [6.07, 6.45) is 0. The van der Waals surface area contributed by atoms with Crippen LogP contribution in [0.2, 0.25) is 0 Å². The maximum absolute atomic E-state index is 11.5. The van der Waals surface area contributed by atoms with Gasteiger partial charge in [-0.1, -0.05) is 0 Å². The third-order valence-electron chi connectivity index (χ3n) is 2.08. The van der Waals surface area contributed by atoms with Gasteiger partial charge in [0, 0.05) is 0 Å². The van der Waals surface area contributed by atoms with Gasteiger partial charge in [-0.15, -0.1) is 11.3 Å². The number of nitrogens with one attached hydrogen (secondary N) is 1. The highest BCUT2D eigenvalue weighted by Crippen LogP contribution is 2.24. The number of rotatable bonds is 5. The summed E-state index contributed by atoms with van der Waals surface area (Å²) in [7, 11) is 0. The van der Waals surface area contributed by atoms with E-state index in [1.54, 1.807) is 20.8 Å². The number of primary amides is 1. The Balaban J connectivity index is 2.90. The zero-order valence-corrected chi connectivity index (χ0v) is 10.8. The van der Waals surface area contributed by atoms with Gasteiger partial charge in [0.1, 0.15) is 10.5 Å². The molecule has 0 radical (unpaired) electrons. The molecule has 0 aliphatic heterocycles. The quantitative estimate of drug-likeness (QED) is 0.767. The van der Waals surface area contributed by atoms with Crippen LogP contribution >= 0.6 is 11.3 Å². The fraction of sp³-hybridized carbons (Fsp3) is 0.500. The Labute approximate surface area is 103 Å². The van der Waals surface area contributed by atoms with E-state index in [2.05, 4.69) is 10.3 Å². The highest BCUT2D eigenvalue weighted by molar-refractivity contribution is 7.14. The summed E-state index contributed by atoms with van der Waals surface area (Å²) < 4.78 is 4.85. The van der Waals surface area contributed by atoms with Gasteiger partial charge in [0.2, 0.25) is 5.91 Å². The van der Waals surface area contributed by atoms with E-state index < -0.39 is 17.4 Å². The van der Waals surface area contributed by atoms with Crippen molar-refractivity contribution in [1.82, 2.24) is 4.98 Å². The second kappa shape index (κ2) is 5.13. The summed E-state index contributed by atoms with van der Waals surface area (Å²) in [5.41, 5.74) is 5.97. The second-order valence-electron chi connectivity index (χ2n) is 3.86. The van der Waals surface area contributed by atoms with Gasteiger partial charge in [-0.05, 0) is 20.8 Å². The van der Waals surface area contributed by atoms with Crippen LogP contribution in [-0.4, -0.2) is 29.0 Å². The Kier molecular flexibility index (Phi) is 4.06. The number of anilines is 1. The molecule has 0 atom stereocenters. The van der Waals surface area contributed by atoms with Crippen molar-refractivity contribution in [2.45, 2.75) is 26.3 Å². The molecule has 1 aromatic heterocycles. The number of nitrogens with two attached hydrogens (primary N) is 1. The molecule has 3 N–H and O–H groups in total. The normalized spacial score (nSPS) is 11.0. The molecule has 0 aliphatic carbocycles. The fourth-order valence-corrected chi connectivity index (χ4v) is 1.85. The molecule has 7 heteroatoms. The third-order valence-corrected chi connectivity index (χ3v) is 2.82. The molecular weight excluding hydrogens is 242 g/mol. The summed E-state index contributed by atoms with van der Waals surface area (Å²) >= 11 is 1.22. The molecule has 17 heavy (non-hydrogen) atoms. The lowest BCUT2D eigenvalue weighted by molar-refractivity contribution is -0.121. The summed E-state index contributed by atoms with van der Waals surface area (Å²) in [6.45, 7) is 5.24. The molecule has 0 unspecified atom stereocenters. The summed E-state index contributed by atoms with van der Waals surface area (Å²) in [6, 6.07) is 0. The molecule has 1 amide bonds. The maximum Gasteiger partial charge on any atom is 0.360 e. The molecule has 1 aromatic rings. The van der Waals surface area contributed by atoms with Gasteiger partial charge in [0.15, 0.2) is 5.69 Å². The monoisotopic (exact) mass is 257 g/mol. The van der Waals surface area contributed by atoms with Crippen molar-refractivity contribution in [1.29, 1.82) is 0 Å². The minimum absolute atomic E-state index is 0.172. The lowest BCUT2D eigenvalue weighted by Crippen LogP contribution is -2.45. The SMILES string of the molecule is CCOC(=O)c1ncsc1NC(C)(C)C(N)=O. The predicted octanol–water partition coefficient (Wildman–Crippen LogP) is 0.996. The molecule has 1 heterocycles. The van der Waals surface area contributed by atoms with Gasteiger partial charge in [0.25, 0.3) is 0 Å². The van der Waals surface area contributed by atoms with Crippen molar-refractivity contribution < 1.29 is 14.3 Å². The number of nitrogens with zero attached hydrogens (tertiary/aromatic N) is 1. The number of aromatic nitrogens is 1. The molecule has 1 rings (SSSR count). The van der Waals surface area contributed by atoms with E-state index in [0.29, 0.717) is 5.00 Å². The first-order valence-electron chi connectivity index (χ1n) is 5.07. The van der Waals surface area contributed by atoms with Crippen molar-refractivity contribution in [3.05, 3.63) is 11.2 Å². The number of hydrogen-bond acceptors (Lipinski definition) is 6. The number of hydrogen-bond donors (Lipinski definition) is 2. The number of ether oxygens (including phenoxy) is 1. The van der Waals surface area contributed by atoms with Gasteiger partial charge >= 0.3 is 5.97 Å². The lowest BCUT2D eigenvalue weighted by Gasteiger charge is -2.22. The van der Waals surface area contributed by atoms with E-state index in [1.807, 2.05) is 0 Å². The van der Waals surface area contributed by atoms with Gasteiger partial charge in [0.05, 0.1) is 12.1 Å². The first-order valence-corrected chi connectivity index (χ1v) is 5.95. The largest absolute Gasteiger partial charge is 0.461 e. The van der Waals surface area contributed by atoms with E-state index in [9.17, 15) is 9.59 Å². The van der Waals surface area contributed by atoms with Crippen LogP contribution in [0.1, 0.15) is 31.3 Å². The summed E-state index contributed by atoms with van der Waals surface area (Å²) in [5.74, 6) is -1.03. The molecular formula is C10H15N3O3S. The van der Waals surface area contributed by atoms with Crippen LogP contribution in [-0.2, 0) is 9.53 Å². The Morgan fingerprint density at radius 3 is 2.76 bits per heavy atom. The first-order chi connectivity index (χ1) is 7.88. The molecule has 0 bridgehead atoms. The predicted molar refractivity (Wildman–Crippen MR) is 65.0 cm³/mol. The van der Waals surface area contributed by atoms with Crippen LogP contribution in [0.4, 0.5) is 5.00 Å². The van der Waals surface area contributed by atoms with Crippen molar-refractivity contribution in [2.75, 3.05) is 11.9 Å². The lowest BCUT2D eigenvalue weighted by atomic mass is 10.1. The van der Waals surface area contributed by atoms with E-state index in [-0.39, 0.29) is 12.3 Å². The average Bonchev–Trinajstić information content (AvgIpc) is 2.65. The number of carbonyl (C=O) groups excluding carboxylic acids is 2.